The van der Waals surface area contributed by atoms with Gasteiger partial charge in [-0.15, -0.1) is 0 Å². The van der Waals surface area contributed by atoms with Crippen molar-refractivity contribution in [1.82, 2.24) is 15.5 Å². The van der Waals surface area contributed by atoms with E-state index in [1.54, 1.807) is 6.07 Å². The second-order valence-electron chi connectivity index (χ2n) is 4.87. The van der Waals surface area contributed by atoms with E-state index in [0.29, 0.717) is 12.2 Å². The molecule has 1 atom stereocenters. The van der Waals surface area contributed by atoms with Crippen LogP contribution < -0.4 is 5.32 Å². The maximum Gasteiger partial charge on any atom is 0.357 e. The number of nitrogens with zero attached hydrogens (tertiary/aromatic N) is 1. The molecule has 0 aliphatic heterocycles. The summed E-state index contributed by atoms with van der Waals surface area (Å²) in [6.45, 7) is 4.05. The van der Waals surface area contributed by atoms with Gasteiger partial charge in [0.05, 0.1) is 5.69 Å². The Hall–Kier alpha value is -2.63. The van der Waals surface area contributed by atoms with Crippen LogP contribution >= 0.6 is 0 Å². The smallest absolute Gasteiger partial charge is 0.357 e. The summed E-state index contributed by atoms with van der Waals surface area (Å²) in [6, 6.07) is 11.1. The summed E-state index contributed by atoms with van der Waals surface area (Å²) >= 11 is 0. The fourth-order valence-electron chi connectivity index (χ4n) is 1.85. The average molecular weight is 301 g/mol. The first-order valence-corrected chi connectivity index (χ1v) is 7.21. The van der Waals surface area contributed by atoms with Crippen LogP contribution in [0.25, 0.3) is 11.3 Å². The third-order valence-corrected chi connectivity index (χ3v) is 3.07. The van der Waals surface area contributed by atoms with Gasteiger partial charge in [0, 0.05) is 12.1 Å². The van der Waals surface area contributed by atoms with Crippen molar-refractivity contribution in [3.05, 3.63) is 42.1 Å². The second kappa shape index (κ2) is 7.40. The molecule has 6 nitrogen and oxygen atoms in total. The van der Waals surface area contributed by atoms with Gasteiger partial charge in [0.1, 0.15) is 5.69 Å². The van der Waals surface area contributed by atoms with E-state index in [1.807, 2.05) is 37.3 Å². The predicted molar refractivity (Wildman–Crippen MR) is 82.2 cm³/mol. The first-order valence-electron chi connectivity index (χ1n) is 7.21. The van der Waals surface area contributed by atoms with Crippen molar-refractivity contribution >= 4 is 11.9 Å². The number of carbonyl (C=O) groups excluding carboxylic acids is 2. The van der Waals surface area contributed by atoms with Crippen LogP contribution in [0.15, 0.2) is 36.4 Å². The molecule has 0 radical (unpaired) electrons. The largest absolute Gasteiger partial charge is 0.448 e. The zero-order chi connectivity index (χ0) is 15.9. The molecule has 0 bridgehead atoms. The molecular weight excluding hydrogens is 282 g/mol. The van der Waals surface area contributed by atoms with Crippen LogP contribution in [0.4, 0.5) is 0 Å². The standard InChI is InChI=1S/C16H19N3O3/c1-3-9-17-15(20)11(2)22-16(21)14-10-13(18-19-14)12-7-5-4-6-8-12/h4-8,10-11H,3,9H2,1-2H3,(H,17,20)(H,18,19)/t11-/m0/s1. The predicted octanol–water partition coefficient (Wildman–Crippen LogP) is 2.15. The van der Waals surface area contributed by atoms with E-state index in [9.17, 15) is 9.59 Å². The molecule has 2 aromatic rings. The lowest BCUT2D eigenvalue weighted by Crippen LogP contribution is -2.36. The topological polar surface area (TPSA) is 84.1 Å². The maximum atomic E-state index is 12.0. The van der Waals surface area contributed by atoms with Crippen LogP contribution in [0.2, 0.25) is 0 Å². The lowest BCUT2D eigenvalue weighted by atomic mass is 10.1. The molecule has 0 aliphatic rings. The summed E-state index contributed by atoms with van der Waals surface area (Å²) in [7, 11) is 0. The van der Waals surface area contributed by atoms with Gasteiger partial charge in [0.15, 0.2) is 6.10 Å². The molecular formula is C16H19N3O3. The van der Waals surface area contributed by atoms with Gasteiger partial charge < -0.3 is 10.1 Å². The van der Waals surface area contributed by atoms with Crippen molar-refractivity contribution in [2.24, 2.45) is 0 Å². The molecule has 1 heterocycles. The van der Waals surface area contributed by atoms with Crippen molar-refractivity contribution in [3.8, 4) is 11.3 Å². The second-order valence-corrected chi connectivity index (χ2v) is 4.87. The molecule has 22 heavy (non-hydrogen) atoms. The minimum Gasteiger partial charge on any atom is -0.448 e. The molecule has 0 saturated carbocycles. The summed E-state index contributed by atoms with van der Waals surface area (Å²) in [5.41, 5.74) is 1.76. The van der Waals surface area contributed by atoms with Gasteiger partial charge in [-0.05, 0) is 19.4 Å². The first kappa shape index (κ1) is 15.8. The lowest BCUT2D eigenvalue weighted by molar-refractivity contribution is -0.129. The quantitative estimate of drug-likeness (QED) is 0.801. The van der Waals surface area contributed by atoms with Crippen LogP contribution in [0.1, 0.15) is 30.8 Å². The summed E-state index contributed by atoms with van der Waals surface area (Å²) in [5, 5.41) is 9.40. The number of hydrogen-bond acceptors (Lipinski definition) is 4. The molecule has 6 heteroatoms. The minimum absolute atomic E-state index is 0.217. The number of ether oxygens (including phenoxy) is 1. The fraction of sp³-hybridized carbons (Fsp3) is 0.312. The van der Waals surface area contributed by atoms with E-state index in [4.69, 9.17) is 4.74 Å². The highest BCUT2D eigenvalue weighted by Gasteiger charge is 2.20. The molecule has 1 aromatic heterocycles. The number of aromatic amines is 1. The highest BCUT2D eigenvalue weighted by Crippen LogP contribution is 2.17. The van der Waals surface area contributed by atoms with Gasteiger partial charge >= 0.3 is 5.97 Å². The Morgan fingerprint density at radius 3 is 2.73 bits per heavy atom. The van der Waals surface area contributed by atoms with Gasteiger partial charge in [0.2, 0.25) is 0 Å². The zero-order valence-electron chi connectivity index (χ0n) is 12.6. The first-order chi connectivity index (χ1) is 10.6. The van der Waals surface area contributed by atoms with Crippen LogP contribution in [-0.2, 0) is 9.53 Å². The van der Waals surface area contributed by atoms with E-state index < -0.39 is 12.1 Å². The van der Waals surface area contributed by atoms with Crippen molar-refractivity contribution < 1.29 is 14.3 Å². The van der Waals surface area contributed by atoms with Crippen LogP contribution in [0, 0.1) is 0 Å². The van der Waals surface area contributed by atoms with Crippen molar-refractivity contribution in [2.75, 3.05) is 6.54 Å². The zero-order valence-corrected chi connectivity index (χ0v) is 12.6. The minimum atomic E-state index is -0.845. The number of aromatic nitrogens is 2. The summed E-state index contributed by atoms with van der Waals surface area (Å²) < 4.78 is 5.12. The Kier molecular flexibility index (Phi) is 5.30. The Balaban J connectivity index is 1.99. The van der Waals surface area contributed by atoms with Crippen molar-refractivity contribution in [3.63, 3.8) is 0 Å². The van der Waals surface area contributed by atoms with E-state index in [0.717, 1.165) is 12.0 Å². The molecule has 116 valence electrons. The van der Waals surface area contributed by atoms with E-state index in [2.05, 4.69) is 15.5 Å². The number of carbonyl (C=O) groups is 2. The average Bonchev–Trinajstić information content (AvgIpc) is 3.03. The van der Waals surface area contributed by atoms with Gasteiger partial charge in [-0.3, -0.25) is 9.89 Å². The molecule has 2 rings (SSSR count). The van der Waals surface area contributed by atoms with E-state index in [1.165, 1.54) is 6.92 Å². The van der Waals surface area contributed by atoms with Gasteiger partial charge in [0.25, 0.3) is 5.91 Å². The monoisotopic (exact) mass is 301 g/mol. The number of rotatable bonds is 6. The molecule has 0 saturated heterocycles. The van der Waals surface area contributed by atoms with E-state index >= 15 is 0 Å². The van der Waals surface area contributed by atoms with E-state index in [-0.39, 0.29) is 11.6 Å². The fourth-order valence-corrected chi connectivity index (χ4v) is 1.85. The SMILES string of the molecule is CCCNC(=O)[C@H](C)OC(=O)c1cc(-c2ccccc2)n[nH]1. The van der Waals surface area contributed by atoms with Gasteiger partial charge in [-0.25, -0.2) is 4.79 Å². The number of esters is 1. The van der Waals surface area contributed by atoms with Gasteiger partial charge in [-0.2, -0.15) is 5.10 Å². The maximum absolute atomic E-state index is 12.0. The molecule has 1 amide bonds. The Morgan fingerprint density at radius 1 is 1.32 bits per heavy atom. The normalized spacial score (nSPS) is 11.7. The molecule has 0 spiro atoms. The number of hydrogen-bond donors (Lipinski definition) is 2. The highest BCUT2D eigenvalue weighted by molar-refractivity contribution is 5.91. The van der Waals surface area contributed by atoms with Crippen molar-refractivity contribution in [2.45, 2.75) is 26.4 Å². The number of amides is 1. The number of H-pyrrole nitrogens is 1. The van der Waals surface area contributed by atoms with Crippen LogP contribution in [0.3, 0.4) is 0 Å². The van der Waals surface area contributed by atoms with Crippen LogP contribution in [0.5, 0.6) is 0 Å². The Morgan fingerprint density at radius 2 is 2.05 bits per heavy atom. The third kappa shape index (κ3) is 3.94. The molecule has 1 aromatic carbocycles. The highest BCUT2D eigenvalue weighted by atomic mass is 16.5. The molecule has 0 unspecified atom stereocenters. The third-order valence-electron chi connectivity index (χ3n) is 3.07. The summed E-state index contributed by atoms with van der Waals surface area (Å²) in [4.78, 5) is 23.7. The molecule has 0 fully saturated rings. The van der Waals surface area contributed by atoms with Crippen LogP contribution in [-0.4, -0.2) is 34.7 Å². The lowest BCUT2D eigenvalue weighted by Gasteiger charge is -2.12. The summed E-state index contributed by atoms with van der Waals surface area (Å²) in [6.07, 6.45) is -0.0181. The van der Waals surface area contributed by atoms with Gasteiger partial charge in [-0.1, -0.05) is 37.3 Å². The molecule has 2 N–H and O–H groups in total. The number of benzene rings is 1. The Bertz CT molecular complexity index is 637. The molecule has 0 aliphatic carbocycles. The number of nitrogens with one attached hydrogen (secondary N) is 2. The Labute approximate surface area is 128 Å². The van der Waals surface area contributed by atoms with Crippen molar-refractivity contribution in [1.29, 1.82) is 0 Å². The summed E-state index contributed by atoms with van der Waals surface area (Å²) in [5.74, 6) is -0.910.